The van der Waals surface area contributed by atoms with E-state index in [2.05, 4.69) is 157 Å². The Labute approximate surface area is 282 Å². The van der Waals surface area contributed by atoms with Crippen molar-refractivity contribution in [2.24, 2.45) is 0 Å². The highest BCUT2D eigenvalue weighted by Crippen LogP contribution is 2.43. The lowest BCUT2D eigenvalue weighted by Crippen LogP contribution is -2.09. The number of benzene rings is 8. The zero-order chi connectivity index (χ0) is 32.3. The topological polar surface area (TPSA) is 29.5 Å². The number of hydrogen-bond donors (Lipinski definition) is 0. The van der Waals surface area contributed by atoms with Gasteiger partial charge in [-0.2, -0.15) is 0 Å². The first-order valence-corrected chi connectivity index (χ1v) is 16.6. The number of rotatable bonds is 5. The van der Waals surface area contributed by atoms with Gasteiger partial charge >= 0.3 is 0 Å². The zero-order valence-corrected chi connectivity index (χ0v) is 26.5. The van der Waals surface area contributed by atoms with Crippen LogP contribution < -0.4 is 4.90 Å². The summed E-state index contributed by atoms with van der Waals surface area (Å²) in [6, 6.07) is 62.1. The van der Waals surface area contributed by atoms with Gasteiger partial charge in [-0.1, -0.05) is 115 Å². The van der Waals surface area contributed by atoms with E-state index in [0.717, 1.165) is 66.3 Å². The molecule has 0 bridgehead atoms. The van der Waals surface area contributed by atoms with Gasteiger partial charge in [0.25, 0.3) is 0 Å². The molecule has 230 valence electrons. The average molecular weight is 628 g/mol. The third kappa shape index (κ3) is 4.51. The Balaban J connectivity index is 1.17. The van der Waals surface area contributed by atoms with Crippen LogP contribution in [0.5, 0.6) is 0 Å². The Hall–Kier alpha value is -6.58. The van der Waals surface area contributed by atoms with Crippen molar-refractivity contribution in [2.75, 3.05) is 4.90 Å². The molecule has 3 heteroatoms. The summed E-state index contributed by atoms with van der Waals surface area (Å²) in [7, 11) is 0. The number of para-hydroxylation sites is 2. The van der Waals surface area contributed by atoms with Crippen LogP contribution in [0.25, 0.3) is 76.9 Å². The molecule has 0 unspecified atom stereocenters. The molecule has 3 nitrogen and oxygen atoms in total. The zero-order valence-electron chi connectivity index (χ0n) is 26.5. The Bertz CT molecular complexity index is 2830. The number of furan rings is 2. The molecule has 0 fully saturated rings. The van der Waals surface area contributed by atoms with Gasteiger partial charge in [-0.25, -0.2) is 0 Å². The first-order chi connectivity index (χ1) is 24.3. The molecule has 0 aliphatic carbocycles. The van der Waals surface area contributed by atoms with Crippen molar-refractivity contribution >= 4 is 71.7 Å². The van der Waals surface area contributed by atoms with Crippen molar-refractivity contribution in [1.29, 1.82) is 0 Å². The van der Waals surface area contributed by atoms with Crippen LogP contribution in [-0.4, -0.2) is 0 Å². The molecule has 0 aliphatic heterocycles. The SMILES string of the molecule is c1ccc(-c2ccccc2-c2ccc(N(c3ccc4oc5ccccc5c4c3)c3ccc4ccc5oc6ccccc6c5c4c3)cc2)cc1. The monoisotopic (exact) mass is 627 g/mol. The van der Waals surface area contributed by atoms with Gasteiger partial charge in [0.2, 0.25) is 0 Å². The van der Waals surface area contributed by atoms with E-state index in [9.17, 15) is 0 Å². The van der Waals surface area contributed by atoms with Gasteiger partial charge in [0.05, 0.1) is 0 Å². The van der Waals surface area contributed by atoms with Crippen molar-refractivity contribution < 1.29 is 8.83 Å². The second kappa shape index (κ2) is 11.0. The lowest BCUT2D eigenvalue weighted by molar-refractivity contribution is 0.668. The molecule has 49 heavy (non-hydrogen) atoms. The molecule has 0 N–H and O–H groups in total. The van der Waals surface area contributed by atoms with Gasteiger partial charge in [-0.05, 0) is 93.7 Å². The Kier molecular flexibility index (Phi) is 6.18. The van der Waals surface area contributed by atoms with E-state index in [1.54, 1.807) is 0 Å². The molecule has 0 amide bonds. The summed E-state index contributed by atoms with van der Waals surface area (Å²) in [6.45, 7) is 0. The summed E-state index contributed by atoms with van der Waals surface area (Å²) in [5, 5.41) is 6.80. The van der Waals surface area contributed by atoms with Crippen LogP contribution in [0.3, 0.4) is 0 Å². The predicted octanol–water partition coefficient (Wildman–Crippen LogP) is 13.4. The molecular weight excluding hydrogens is 599 g/mol. The van der Waals surface area contributed by atoms with Crippen LogP contribution in [0.4, 0.5) is 17.1 Å². The van der Waals surface area contributed by atoms with Crippen LogP contribution in [-0.2, 0) is 0 Å². The van der Waals surface area contributed by atoms with E-state index in [1.807, 2.05) is 24.3 Å². The van der Waals surface area contributed by atoms with Crippen LogP contribution in [0.1, 0.15) is 0 Å². The summed E-state index contributed by atoms with van der Waals surface area (Å²) in [4.78, 5) is 2.34. The van der Waals surface area contributed by atoms with E-state index in [-0.39, 0.29) is 0 Å². The van der Waals surface area contributed by atoms with Crippen LogP contribution in [0.2, 0.25) is 0 Å². The summed E-state index contributed by atoms with van der Waals surface area (Å²) < 4.78 is 12.5. The maximum Gasteiger partial charge on any atom is 0.136 e. The highest BCUT2D eigenvalue weighted by atomic mass is 16.3. The second-order valence-corrected chi connectivity index (χ2v) is 12.5. The molecule has 0 aliphatic rings. The maximum atomic E-state index is 6.28. The van der Waals surface area contributed by atoms with Crippen molar-refractivity contribution in [3.63, 3.8) is 0 Å². The average Bonchev–Trinajstić information content (AvgIpc) is 3.74. The van der Waals surface area contributed by atoms with E-state index < -0.39 is 0 Å². The summed E-state index contributed by atoms with van der Waals surface area (Å²) >= 11 is 0. The van der Waals surface area contributed by atoms with Gasteiger partial charge in [0.15, 0.2) is 0 Å². The van der Waals surface area contributed by atoms with Crippen molar-refractivity contribution in [3.8, 4) is 22.3 Å². The lowest BCUT2D eigenvalue weighted by Gasteiger charge is -2.26. The Morgan fingerprint density at radius 3 is 1.61 bits per heavy atom. The highest BCUT2D eigenvalue weighted by Gasteiger charge is 2.18. The van der Waals surface area contributed by atoms with Crippen LogP contribution >= 0.6 is 0 Å². The number of hydrogen-bond acceptors (Lipinski definition) is 3. The fraction of sp³-hybridized carbons (Fsp3) is 0. The lowest BCUT2D eigenvalue weighted by atomic mass is 9.94. The van der Waals surface area contributed by atoms with Crippen molar-refractivity contribution in [2.45, 2.75) is 0 Å². The second-order valence-electron chi connectivity index (χ2n) is 12.5. The first kappa shape index (κ1) is 27.5. The third-order valence-electron chi connectivity index (χ3n) is 9.67. The molecule has 0 saturated heterocycles. The molecule has 2 heterocycles. The van der Waals surface area contributed by atoms with Gasteiger partial charge in [0.1, 0.15) is 22.3 Å². The molecule has 2 aromatic heterocycles. The molecule has 10 rings (SSSR count). The van der Waals surface area contributed by atoms with E-state index >= 15 is 0 Å². The predicted molar refractivity (Wildman–Crippen MR) is 204 cm³/mol. The fourth-order valence-electron chi connectivity index (χ4n) is 7.36. The molecule has 0 atom stereocenters. The van der Waals surface area contributed by atoms with E-state index in [4.69, 9.17) is 8.83 Å². The number of anilines is 3. The molecule has 0 radical (unpaired) electrons. The van der Waals surface area contributed by atoms with Crippen molar-refractivity contribution in [1.82, 2.24) is 0 Å². The summed E-state index contributed by atoms with van der Waals surface area (Å²) in [5.74, 6) is 0. The third-order valence-corrected chi connectivity index (χ3v) is 9.67. The highest BCUT2D eigenvalue weighted by molar-refractivity contribution is 6.19. The van der Waals surface area contributed by atoms with E-state index in [0.29, 0.717) is 0 Å². The molecule has 0 saturated carbocycles. The Morgan fingerprint density at radius 2 is 0.837 bits per heavy atom. The summed E-state index contributed by atoms with van der Waals surface area (Å²) in [5.41, 5.74) is 11.6. The number of fused-ring (bicyclic) bond motifs is 8. The molecular formula is C46H29NO2. The van der Waals surface area contributed by atoms with Gasteiger partial charge in [-0.15, -0.1) is 0 Å². The smallest absolute Gasteiger partial charge is 0.136 e. The minimum Gasteiger partial charge on any atom is -0.456 e. The Morgan fingerprint density at radius 1 is 0.327 bits per heavy atom. The van der Waals surface area contributed by atoms with Gasteiger partial charge in [0, 0.05) is 38.6 Å². The molecule has 8 aromatic carbocycles. The van der Waals surface area contributed by atoms with Gasteiger partial charge < -0.3 is 13.7 Å². The standard InChI is InChI=1S/C46H29NO2/c1-2-10-30(11-3-1)36-12-4-5-13-37(36)31-18-22-33(23-19-31)47(35-25-27-44-41(29-35)38-14-6-8-16-42(38)48-44)34-24-20-32-21-26-45-46(40(32)28-34)39-15-7-9-17-43(39)49-45/h1-29H. The van der Waals surface area contributed by atoms with Gasteiger partial charge in [-0.3, -0.25) is 0 Å². The van der Waals surface area contributed by atoms with Crippen LogP contribution in [0, 0.1) is 0 Å². The molecule has 0 spiro atoms. The maximum absolute atomic E-state index is 6.28. The first-order valence-electron chi connectivity index (χ1n) is 16.6. The largest absolute Gasteiger partial charge is 0.456 e. The molecule has 10 aromatic rings. The quantitative estimate of drug-likeness (QED) is 0.190. The van der Waals surface area contributed by atoms with Crippen molar-refractivity contribution in [3.05, 3.63) is 176 Å². The number of nitrogens with zero attached hydrogens (tertiary/aromatic N) is 1. The van der Waals surface area contributed by atoms with Crippen LogP contribution in [0.15, 0.2) is 185 Å². The normalized spacial score (nSPS) is 11.7. The summed E-state index contributed by atoms with van der Waals surface area (Å²) in [6.07, 6.45) is 0. The van der Waals surface area contributed by atoms with E-state index in [1.165, 1.54) is 27.6 Å². The fourth-order valence-corrected chi connectivity index (χ4v) is 7.36. The minimum absolute atomic E-state index is 0.878. The minimum atomic E-state index is 0.878.